The molecule has 6 aromatic carbocycles. The van der Waals surface area contributed by atoms with Crippen molar-refractivity contribution in [1.82, 2.24) is 64.5 Å². The number of nitrogens with zero attached hydrogens (tertiary/aromatic N) is 11. The average molecular weight is 1870 g/mol. The minimum absolute atomic E-state index is 0. The molecule has 17 rings (SSSR count). The van der Waals surface area contributed by atoms with E-state index in [4.69, 9.17) is 71.7 Å². The van der Waals surface area contributed by atoms with E-state index in [1.165, 1.54) is 34.5 Å². The monoisotopic (exact) mass is 1860 g/mol. The Labute approximate surface area is 792 Å². The number of benzene rings is 6. The number of fused-ring (bicyclic) bond motifs is 3. The Bertz CT molecular complexity index is 5980. The maximum Gasteiger partial charge on any atom is 1.00 e. The number of imidazole rings is 2. The molecule has 0 spiro atoms. The number of hydrogen-bond acceptors (Lipinski definition) is 24. The number of carbonyl (C=O) groups is 9. The number of Topliss-reactive ketones (excluding diaryl/α,β-unsaturated/α-hetero) is 2. The number of nitrogen functional groups attached to an aromatic ring is 1. The number of amidine groups is 1. The quantitative estimate of drug-likeness (QED) is 0.00653. The number of hydrogen-bond donors (Lipinski definition) is 5. The van der Waals surface area contributed by atoms with Crippen molar-refractivity contribution in [3.8, 4) is 53.1 Å². The van der Waals surface area contributed by atoms with Crippen LogP contribution >= 0.6 is 97.2 Å². The van der Waals surface area contributed by atoms with Gasteiger partial charge in [0, 0.05) is 107 Å². The predicted molar refractivity (Wildman–Crippen MR) is 469 cm³/mol. The summed E-state index contributed by atoms with van der Waals surface area (Å²) in [4.78, 5) is 154. The van der Waals surface area contributed by atoms with Gasteiger partial charge in [-0.2, -0.15) is 0 Å². The number of nitrogens with one attached hydrogen (secondary N) is 3. The fourth-order valence-corrected chi connectivity index (χ4v) is 15.7. The van der Waals surface area contributed by atoms with Gasteiger partial charge in [-0.1, -0.05) is 131 Å². The second-order valence-corrected chi connectivity index (χ2v) is 30.8. The molecule has 3 aliphatic rings. The summed E-state index contributed by atoms with van der Waals surface area (Å²) in [5.74, 6) is -1.07. The minimum atomic E-state index is -0.394. The molecule has 11 heterocycles. The van der Waals surface area contributed by atoms with Gasteiger partial charge in [0.1, 0.15) is 38.3 Å². The predicted octanol–water partition coefficient (Wildman–Crippen LogP) is 9.40. The molecule has 3 aliphatic heterocycles. The SMILES string of the molecule is C.CC(=O)CN1C(=O)c2ccccc2C1=O.Cl.N=C(N)c1sc(-c2ccncc2)nc1Cc1ccc(Cl)cc1.NCc1cnc(-c2sc(-c3ccncc3)nc2Cc2ccc(Cl)cc2)[nH]1.O=C(CBr)CN1C(=O)c2ccccc2C1=O.O=C1c2ccccc2C(=O)N1Cc1cnc(-c2sc(-c3ccncc3)nc2Cc2ccc(Cl)cc2)[nH]1.O=CO[O-].[H-].[Na+].[Na+]. The third kappa shape index (κ3) is 24.9. The minimum Gasteiger partial charge on any atom is -1.00 e. The first-order valence-corrected chi connectivity index (χ1v) is 40.5. The van der Waals surface area contributed by atoms with E-state index < -0.39 is 11.8 Å². The van der Waals surface area contributed by atoms with E-state index in [0.717, 1.165) is 102 Å². The van der Waals surface area contributed by atoms with Crippen LogP contribution in [0.1, 0.15) is 128 Å². The van der Waals surface area contributed by atoms with E-state index in [9.17, 15) is 38.4 Å². The Balaban J connectivity index is 0.000000216. The molecule has 616 valence electrons. The second-order valence-electron chi connectivity index (χ2n) is 25.9. The molecule has 7 N–H and O–H groups in total. The van der Waals surface area contributed by atoms with Gasteiger partial charge < -0.3 is 33.0 Å². The van der Waals surface area contributed by atoms with Crippen molar-refractivity contribution in [2.24, 2.45) is 11.5 Å². The van der Waals surface area contributed by atoms with E-state index in [2.05, 4.69) is 60.7 Å². The Morgan fingerprint density at radius 2 is 0.813 bits per heavy atom. The zero-order chi connectivity index (χ0) is 84.2. The molecule has 14 aromatic rings. The fourth-order valence-electron chi connectivity index (χ4n) is 12.1. The summed E-state index contributed by atoms with van der Waals surface area (Å²) in [5.41, 5.74) is 24.3. The van der Waals surface area contributed by atoms with Crippen LogP contribution in [0.3, 0.4) is 0 Å². The number of aromatic nitrogens is 10. The largest absolute Gasteiger partial charge is 1.00 e. The molecule has 37 heteroatoms. The number of ketones is 2. The number of carbonyl (C=O) groups excluding carboxylic acids is 9. The molecule has 27 nitrogen and oxygen atoms in total. The number of imide groups is 3. The van der Waals surface area contributed by atoms with Crippen LogP contribution in [0.4, 0.5) is 0 Å². The number of amides is 6. The molecule has 8 aromatic heterocycles. The fraction of sp³-hybridized carbons (Fsp3) is 0.116. The van der Waals surface area contributed by atoms with Crippen LogP contribution in [-0.2, 0) is 51.6 Å². The molecule has 0 aliphatic carbocycles. The number of aromatic amines is 2. The van der Waals surface area contributed by atoms with Crippen LogP contribution in [0.5, 0.6) is 0 Å². The maximum absolute atomic E-state index is 12.8. The number of thiazole rings is 3. The van der Waals surface area contributed by atoms with E-state index in [1.807, 2.05) is 109 Å². The number of nitrogens with two attached hydrogens (primary N) is 2. The van der Waals surface area contributed by atoms with Crippen molar-refractivity contribution in [2.45, 2.75) is 46.7 Å². The van der Waals surface area contributed by atoms with Gasteiger partial charge in [-0.15, -0.1) is 46.4 Å². The first-order chi connectivity index (χ1) is 57.6. The molecular weight excluding hydrogens is 1800 g/mol. The Morgan fingerprint density at radius 1 is 0.504 bits per heavy atom. The number of pyridine rings is 3. The van der Waals surface area contributed by atoms with Crippen LogP contribution in [-0.4, -0.2) is 142 Å². The molecule has 0 saturated carbocycles. The molecule has 0 saturated heterocycles. The summed E-state index contributed by atoms with van der Waals surface area (Å²) in [6.07, 6.45) is 15.8. The summed E-state index contributed by atoms with van der Waals surface area (Å²) in [7, 11) is 0. The van der Waals surface area contributed by atoms with Crippen molar-refractivity contribution in [2.75, 3.05) is 18.4 Å². The van der Waals surface area contributed by atoms with Gasteiger partial charge in [-0.3, -0.25) is 78.2 Å². The zero-order valence-corrected chi connectivity index (χ0v) is 76.0. The molecule has 0 bridgehead atoms. The molecule has 123 heavy (non-hydrogen) atoms. The number of H-pyrrole nitrogens is 2. The van der Waals surface area contributed by atoms with Gasteiger partial charge in [0.05, 0.1) is 102 Å². The zero-order valence-electron chi connectivity index (χ0n) is 65.9. The van der Waals surface area contributed by atoms with E-state index in [-0.39, 0.29) is 153 Å². The average Bonchev–Trinajstić information content (AvgIpc) is 1.65. The third-order valence-corrected chi connectivity index (χ3v) is 22.6. The van der Waals surface area contributed by atoms with Gasteiger partial charge in [0.2, 0.25) is 0 Å². The third-order valence-electron chi connectivity index (χ3n) is 17.7. The summed E-state index contributed by atoms with van der Waals surface area (Å²) in [6, 6.07) is 54.7. The number of rotatable bonds is 21. The van der Waals surface area contributed by atoms with Crippen LogP contribution < -0.4 is 75.8 Å². The van der Waals surface area contributed by atoms with Gasteiger partial charge in [0.25, 0.3) is 41.9 Å². The topological polar surface area (TPSA) is 406 Å². The van der Waals surface area contributed by atoms with Crippen molar-refractivity contribution in [3.63, 3.8) is 0 Å². The first-order valence-electron chi connectivity index (χ1n) is 35.8. The van der Waals surface area contributed by atoms with Crippen molar-refractivity contribution in [1.29, 1.82) is 5.41 Å². The summed E-state index contributed by atoms with van der Waals surface area (Å²) in [5, 5.41) is 21.1. The summed E-state index contributed by atoms with van der Waals surface area (Å²) >= 11 is 25.5. The molecular formula is C86H71BrCl4N16Na2O11S3. The van der Waals surface area contributed by atoms with Crippen molar-refractivity contribution in [3.05, 3.63) is 330 Å². The molecule has 0 unspecified atom stereocenters. The van der Waals surface area contributed by atoms with E-state index >= 15 is 0 Å². The number of alkyl halides is 1. The Hall–Kier alpha value is -10.7. The smallest absolute Gasteiger partial charge is 1.00 e. The first kappa shape index (κ1) is 97.8. The normalized spacial score (nSPS) is 11.7. The van der Waals surface area contributed by atoms with Crippen LogP contribution in [0.2, 0.25) is 15.1 Å². The summed E-state index contributed by atoms with van der Waals surface area (Å²) in [6.45, 7) is 1.39. The van der Waals surface area contributed by atoms with Crippen LogP contribution in [0.15, 0.2) is 232 Å². The van der Waals surface area contributed by atoms with Crippen LogP contribution in [0, 0.1) is 5.41 Å². The Morgan fingerprint density at radius 3 is 1.13 bits per heavy atom. The van der Waals surface area contributed by atoms with Gasteiger partial charge in [-0.05, 0) is 133 Å². The van der Waals surface area contributed by atoms with E-state index in [0.29, 0.717) is 85.6 Å². The van der Waals surface area contributed by atoms with E-state index in [1.54, 1.807) is 134 Å². The van der Waals surface area contributed by atoms with Crippen molar-refractivity contribution < 1.29 is 114 Å². The maximum atomic E-state index is 12.8. The number of halogens is 5. The van der Waals surface area contributed by atoms with Crippen LogP contribution in [0.25, 0.3) is 53.1 Å². The van der Waals surface area contributed by atoms with Gasteiger partial charge in [0.15, 0.2) is 5.78 Å². The molecule has 6 amide bonds. The van der Waals surface area contributed by atoms with Gasteiger partial charge >= 0.3 is 59.1 Å². The standard InChI is InChI=1S/C27H18ClN5O2S.C19H16ClN5S.C16H13ClN4S.C11H8BrNO3.C11H9NO3.CH2O3.CH4.ClH.2Na.H/c28-18-7-5-16(6-8-18)13-22-23(36-25(32-22)17-9-11-29-12-10-17)24-30-14-19(31-24)15-33-26(34)20-3-1-2-4-21(20)27(33)35;20-14-3-1-12(2-4-14)9-16-17(18-23-11-15(10-21)24-18)26-19(25-16)13-5-7-22-8-6-13;17-12-3-1-10(2-4-12)9-13-14(15(18)19)22-16(21-13)11-5-7-20-8-6-11;12-5-7(14)6-13-10(15)8-3-1-2-4-9(8)11(13)16;1-7(13)6-12-10(14)8-4-2-3-5-9(8)11(12)15;2-1-4-3;;;;;/h1-12,14H,13,15H2,(H,30,31);1-8,11H,9-10,21H2,(H,23,24);1-8H,9H2,(H3,18,19);1-4H,5-6H2;2-5H,6H2,1H3;1,3H;1H4;1H;;;/q;;;;;;;;2*+1;-1/p-1. The molecule has 0 atom stereocenters. The second kappa shape index (κ2) is 46.7. The summed E-state index contributed by atoms with van der Waals surface area (Å²) < 4.78 is 0. The molecule has 0 radical (unpaired) electrons. The Kier molecular flexibility index (Phi) is 37.1. The van der Waals surface area contributed by atoms with Gasteiger partial charge in [-0.25, -0.2) is 24.9 Å². The molecule has 0 fully saturated rings. The van der Waals surface area contributed by atoms with Crippen molar-refractivity contribution >= 4 is 156 Å².